The Morgan fingerprint density at radius 2 is 1.90 bits per heavy atom. The van der Waals surface area contributed by atoms with Crippen LogP contribution in [0.4, 0.5) is 0 Å². The number of hydrogen-bond acceptors (Lipinski definition) is 3. The summed E-state index contributed by atoms with van der Waals surface area (Å²) in [6.45, 7) is 1.66. The van der Waals surface area contributed by atoms with Crippen molar-refractivity contribution in [3.8, 4) is 23.3 Å². The first-order chi connectivity index (χ1) is 9.93. The Morgan fingerprint density at radius 3 is 2.80 bits per heavy atom. The predicted octanol–water partition coefficient (Wildman–Crippen LogP) is 2.56. The van der Waals surface area contributed by atoms with Gasteiger partial charge in [0.05, 0.1) is 6.54 Å². The van der Waals surface area contributed by atoms with Gasteiger partial charge in [-0.1, -0.05) is 42.2 Å². The van der Waals surface area contributed by atoms with Crippen molar-refractivity contribution in [1.82, 2.24) is 5.32 Å². The van der Waals surface area contributed by atoms with Gasteiger partial charge < -0.3 is 14.8 Å². The molecule has 20 heavy (non-hydrogen) atoms. The molecule has 0 aliphatic carbocycles. The molecule has 0 saturated carbocycles. The van der Waals surface area contributed by atoms with Crippen LogP contribution in [0.3, 0.4) is 0 Å². The van der Waals surface area contributed by atoms with E-state index in [9.17, 15) is 0 Å². The van der Waals surface area contributed by atoms with Gasteiger partial charge >= 0.3 is 0 Å². The summed E-state index contributed by atoms with van der Waals surface area (Å²) in [5.74, 6) is 7.88. The Kier molecular flexibility index (Phi) is 3.86. The van der Waals surface area contributed by atoms with Gasteiger partial charge in [-0.2, -0.15) is 0 Å². The fraction of sp³-hybridized carbons (Fsp3) is 0.176. The molecule has 1 heterocycles. The van der Waals surface area contributed by atoms with Crippen molar-refractivity contribution in [2.24, 2.45) is 0 Å². The Labute approximate surface area is 118 Å². The maximum atomic E-state index is 5.46. The summed E-state index contributed by atoms with van der Waals surface area (Å²) in [5.41, 5.74) is 2.13. The van der Waals surface area contributed by atoms with E-state index in [4.69, 9.17) is 9.47 Å². The van der Waals surface area contributed by atoms with E-state index >= 15 is 0 Å². The summed E-state index contributed by atoms with van der Waals surface area (Å²) in [4.78, 5) is 0. The van der Waals surface area contributed by atoms with Crippen LogP contribution >= 0.6 is 0 Å². The van der Waals surface area contributed by atoms with Gasteiger partial charge in [-0.15, -0.1) is 0 Å². The van der Waals surface area contributed by atoms with Gasteiger partial charge in [0.1, 0.15) is 0 Å². The Morgan fingerprint density at radius 1 is 1.00 bits per heavy atom. The van der Waals surface area contributed by atoms with E-state index in [-0.39, 0.29) is 0 Å². The van der Waals surface area contributed by atoms with E-state index in [2.05, 4.69) is 17.2 Å². The van der Waals surface area contributed by atoms with Crippen LogP contribution in [0.1, 0.15) is 11.1 Å². The van der Waals surface area contributed by atoms with Gasteiger partial charge in [-0.05, 0) is 18.2 Å². The maximum absolute atomic E-state index is 5.46. The van der Waals surface area contributed by atoms with Crippen molar-refractivity contribution in [1.29, 1.82) is 0 Å². The highest BCUT2D eigenvalue weighted by Gasteiger charge is 2.16. The number of fused-ring (bicyclic) bond motifs is 1. The van der Waals surface area contributed by atoms with Crippen molar-refractivity contribution in [2.45, 2.75) is 6.54 Å². The second kappa shape index (κ2) is 6.14. The highest BCUT2D eigenvalue weighted by molar-refractivity contribution is 5.48. The van der Waals surface area contributed by atoms with E-state index in [1.165, 1.54) is 0 Å². The van der Waals surface area contributed by atoms with E-state index in [1.807, 2.05) is 48.5 Å². The van der Waals surface area contributed by atoms with Crippen LogP contribution in [0.25, 0.3) is 0 Å². The molecular formula is C17H15NO2. The molecule has 1 aliphatic rings. The third-order valence-electron chi connectivity index (χ3n) is 3.01. The van der Waals surface area contributed by atoms with Crippen molar-refractivity contribution < 1.29 is 9.47 Å². The lowest BCUT2D eigenvalue weighted by molar-refractivity contribution is 0.173. The average Bonchev–Trinajstić information content (AvgIpc) is 2.97. The lowest BCUT2D eigenvalue weighted by Gasteiger charge is -2.05. The van der Waals surface area contributed by atoms with Gasteiger partial charge in [0.25, 0.3) is 0 Å². The Hall–Kier alpha value is -2.44. The Bertz CT molecular complexity index is 641. The minimum atomic E-state index is 0.306. The highest BCUT2D eigenvalue weighted by Crippen LogP contribution is 2.35. The molecule has 3 nitrogen and oxygen atoms in total. The molecule has 0 spiro atoms. The van der Waals surface area contributed by atoms with Gasteiger partial charge in [-0.3, -0.25) is 0 Å². The molecule has 2 aromatic carbocycles. The van der Waals surface area contributed by atoms with Crippen LogP contribution < -0.4 is 14.8 Å². The summed E-state index contributed by atoms with van der Waals surface area (Å²) in [6, 6.07) is 15.9. The zero-order chi connectivity index (χ0) is 13.6. The van der Waals surface area contributed by atoms with Crippen LogP contribution in [0.2, 0.25) is 0 Å². The van der Waals surface area contributed by atoms with Gasteiger partial charge in [0, 0.05) is 17.7 Å². The molecule has 0 saturated heterocycles. The molecule has 1 aliphatic heterocycles. The fourth-order valence-electron chi connectivity index (χ4n) is 2.06. The lowest BCUT2D eigenvalue weighted by Crippen LogP contribution is -2.13. The minimum absolute atomic E-state index is 0.306. The van der Waals surface area contributed by atoms with E-state index in [0.29, 0.717) is 13.3 Å². The summed E-state index contributed by atoms with van der Waals surface area (Å²) >= 11 is 0. The molecule has 1 N–H and O–H groups in total. The monoisotopic (exact) mass is 265 g/mol. The number of benzene rings is 2. The maximum Gasteiger partial charge on any atom is 0.231 e. The largest absolute Gasteiger partial charge is 0.454 e. The van der Waals surface area contributed by atoms with Crippen LogP contribution in [-0.4, -0.2) is 13.3 Å². The molecule has 3 rings (SSSR count). The van der Waals surface area contributed by atoms with Gasteiger partial charge in [-0.25, -0.2) is 0 Å². The number of hydrogen-bond donors (Lipinski definition) is 1. The molecule has 0 bridgehead atoms. The number of ether oxygens (including phenoxy) is 2. The molecule has 0 radical (unpaired) electrons. The first kappa shape index (κ1) is 12.6. The van der Waals surface area contributed by atoms with Crippen molar-refractivity contribution in [2.75, 3.05) is 13.3 Å². The number of para-hydroxylation sites is 1. The van der Waals surface area contributed by atoms with Gasteiger partial charge in [0.15, 0.2) is 11.5 Å². The zero-order valence-electron chi connectivity index (χ0n) is 11.1. The third kappa shape index (κ3) is 2.93. The average molecular weight is 265 g/mol. The smallest absolute Gasteiger partial charge is 0.231 e. The first-order valence-electron chi connectivity index (χ1n) is 6.55. The summed E-state index contributed by atoms with van der Waals surface area (Å²) in [7, 11) is 0. The highest BCUT2D eigenvalue weighted by atomic mass is 16.7. The van der Waals surface area contributed by atoms with Crippen molar-refractivity contribution in [3.05, 3.63) is 59.7 Å². The van der Waals surface area contributed by atoms with Crippen LogP contribution in [0, 0.1) is 11.8 Å². The molecule has 0 atom stereocenters. The molecule has 0 unspecified atom stereocenters. The van der Waals surface area contributed by atoms with E-state index < -0.39 is 0 Å². The minimum Gasteiger partial charge on any atom is -0.454 e. The molecule has 0 amide bonds. The quantitative estimate of drug-likeness (QED) is 0.683. The summed E-state index contributed by atoms with van der Waals surface area (Å²) in [6.07, 6.45) is 0. The molecule has 3 heteroatoms. The fourth-order valence-corrected chi connectivity index (χ4v) is 2.06. The molecule has 0 fully saturated rings. The number of rotatable bonds is 3. The second-order valence-electron chi connectivity index (χ2n) is 4.42. The summed E-state index contributed by atoms with van der Waals surface area (Å²) < 4.78 is 10.8. The SMILES string of the molecule is C(#Cc1ccccc1)CNCc1cccc2c1OCO2. The normalized spacial score (nSPS) is 11.8. The third-order valence-corrected chi connectivity index (χ3v) is 3.01. The van der Waals surface area contributed by atoms with E-state index in [1.54, 1.807) is 0 Å². The lowest BCUT2D eigenvalue weighted by atomic mass is 10.2. The van der Waals surface area contributed by atoms with Gasteiger partial charge in [0.2, 0.25) is 6.79 Å². The van der Waals surface area contributed by atoms with Crippen molar-refractivity contribution in [3.63, 3.8) is 0 Å². The zero-order valence-corrected chi connectivity index (χ0v) is 11.1. The molecular weight excluding hydrogens is 250 g/mol. The van der Waals surface area contributed by atoms with Crippen LogP contribution in [0.5, 0.6) is 11.5 Å². The standard InChI is InChI=1S/C17H15NO2/c1-2-6-14(7-3-1)8-5-11-18-12-15-9-4-10-16-17(15)20-13-19-16/h1-4,6-7,9-10,18H,11-13H2. The summed E-state index contributed by atoms with van der Waals surface area (Å²) in [5, 5.41) is 3.29. The molecule has 2 aromatic rings. The molecule has 100 valence electrons. The van der Waals surface area contributed by atoms with Crippen LogP contribution in [-0.2, 0) is 6.54 Å². The Balaban J connectivity index is 1.54. The number of nitrogens with one attached hydrogen (secondary N) is 1. The van der Waals surface area contributed by atoms with Crippen LogP contribution in [0.15, 0.2) is 48.5 Å². The second-order valence-corrected chi connectivity index (χ2v) is 4.42. The predicted molar refractivity (Wildman–Crippen MR) is 77.6 cm³/mol. The van der Waals surface area contributed by atoms with Crippen molar-refractivity contribution >= 4 is 0 Å². The van der Waals surface area contributed by atoms with E-state index in [0.717, 1.165) is 29.2 Å². The molecule has 0 aromatic heterocycles. The topological polar surface area (TPSA) is 30.5 Å². The first-order valence-corrected chi connectivity index (χ1v) is 6.55.